The van der Waals surface area contributed by atoms with Crippen LogP contribution in [0.15, 0.2) is 33.6 Å². The zero-order valence-electron chi connectivity index (χ0n) is 15.6. The summed E-state index contributed by atoms with van der Waals surface area (Å²) < 4.78 is 36.0. The maximum Gasteiger partial charge on any atom is 0.264 e. The van der Waals surface area contributed by atoms with Crippen molar-refractivity contribution in [3.05, 3.63) is 52.0 Å². The summed E-state index contributed by atoms with van der Waals surface area (Å²) in [7, 11) is -1.95. The van der Waals surface area contributed by atoms with Crippen LogP contribution in [0.3, 0.4) is 0 Å². The van der Waals surface area contributed by atoms with E-state index >= 15 is 0 Å². The van der Waals surface area contributed by atoms with Crippen molar-refractivity contribution < 1.29 is 12.8 Å². The Morgan fingerprint density at radius 2 is 1.85 bits per heavy atom. The van der Waals surface area contributed by atoms with E-state index < -0.39 is 10.0 Å². The molecular weight excluding hydrogens is 388 g/mol. The summed E-state index contributed by atoms with van der Waals surface area (Å²) in [5, 5.41) is 8.63. The zero-order chi connectivity index (χ0) is 19.8. The molecule has 0 unspecified atom stereocenters. The summed E-state index contributed by atoms with van der Waals surface area (Å²) in [6.07, 6.45) is 0.614. The summed E-state index contributed by atoms with van der Waals surface area (Å²) in [4.78, 5) is 0.227. The Kier molecular flexibility index (Phi) is 5.41. The Balaban J connectivity index is 1.95. The third-order valence-corrected chi connectivity index (χ3v) is 6.40. The van der Waals surface area contributed by atoms with Crippen molar-refractivity contribution in [3.63, 3.8) is 0 Å². The van der Waals surface area contributed by atoms with E-state index in [2.05, 4.69) is 14.9 Å². The van der Waals surface area contributed by atoms with Gasteiger partial charge in [0, 0.05) is 36.3 Å². The maximum absolute atomic E-state index is 13.0. The Labute approximate surface area is 163 Å². The predicted molar refractivity (Wildman–Crippen MR) is 103 cm³/mol. The Bertz CT molecular complexity index is 1070. The molecule has 7 nitrogen and oxygen atoms in total. The lowest BCUT2D eigenvalue weighted by Crippen LogP contribution is -2.24. The molecule has 0 fully saturated rings. The van der Waals surface area contributed by atoms with Gasteiger partial charge in [-0.2, -0.15) is 0 Å². The van der Waals surface area contributed by atoms with E-state index in [9.17, 15) is 8.42 Å². The molecule has 9 heteroatoms. The third kappa shape index (κ3) is 3.78. The number of nitrogens with zero attached hydrogens (tertiary/aromatic N) is 3. The van der Waals surface area contributed by atoms with E-state index in [0.29, 0.717) is 40.2 Å². The minimum Gasteiger partial charge on any atom is -0.419 e. The van der Waals surface area contributed by atoms with Crippen LogP contribution in [0, 0.1) is 13.8 Å². The normalized spacial score (nSPS) is 11.9. The van der Waals surface area contributed by atoms with E-state index in [1.165, 1.54) is 0 Å². The standard InChI is InChI=1S/C18H21ClN4O3S/c1-5-15-21-22-18(26-15)16-11(2)17(12(3)23(16)4)27(24,25)20-10-13-6-8-14(19)9-7-13/h6-9,20H,5,10H2,1-4H3. The highest BCUT2D eigenvalue weighted by atomic mass is 35.5. The number of sulfonamides is 1. The van der Waals surface area contributed by atoms with Gasteiger partial charge in [0.1, 0.15) is 10.6 Å². The first-order valence-corrected chi connectivity index (χ1v) is 10.3. The number of nitrogens with one attached hydrogen (secondary N) is 1. The Morgan fingerprint density at radius 1 is 1.19 bits per heavy atom. The average molecular weight is 409 g/mol. The van der Waals surface area contributed by atoms with E-state index in [-0.39, 0.29) is 11.4 Å². The van der Waals surface area contributed by atoms with Crippen molar-refractivity contribution in [2.24, 2.45) is 7.05 Å². The largest absolute Gasteiger partial charge is 0.419 e. The Morgan fingerprint density at radius 3 is 2.44 bits per heavy atom. The summed E-state index contributed by atoms with van der Waals surface area (Å²) in [5.74, 6) is 0.822. The van der Waals surface area contributed by atoms with E-state index in [1.54, 1.807) is 49.7 Å². The number of hydrogen-bond donors (Lipinski definition) is 1. The van der Waals surface area contributed by atoms with Crippen molar-refractivity contribution >= 4 is 21.6 Å². The maximum atomic E-state index is 13.0. The molecule has 0 amide bonds. The van der Waals surface area contributed by atoms with Crippen LogP contribution in [0.1, 0.15) is 29.6 Å². The van der Waals surface area contributed by atoms with Crippen molar-refractivity contribution in [2.45, 2.75) is 38.6 Å². The molecule has 0 radical (unpaired) electrons. The molecule has 0 aliphatic heterocycles. The SMILES string of the molecule is CCc1nnc(-c2c(C)c(S(=O)(=O)NCc3ccc(Cl)cc3)c(C)n2C)o1. The molecule has 0 saturated carbocycles. The van der Waals surface area contributed by atoms with Gasteiger partial charge in [-0.15, -0.1) is 10.2 Å². The lowest BCUT2D eigenvalue weighted by molar-refractivity contribution is 0.508. The summed E-state index contributed by atoms with van der Waals surface area (Å²) in [5.41, 5.74) is 2.60. The van der Waals surface area contributed by atoms with Gasteiger partial charge >= 0.3 is 0 Å². The van der Waals surface area contributed by atoms with E-state index in [1.807, 2.05) is 6.92 Å². The highest BCUT2D eigenvalue weighted by Crippen LogP contribution is 2.32. The molecule has 27 heavy (non-hydrogen) atoms. The van der Waals surface area contributed by atoms with Gasteiger partial charge in [-0.05, 0) is 31.5 Å². The topological polar surface area (TPSA) is 90.0 Å². The van der Waals surface area contributed by atoms with Gasteiger partial charge in [-0.25, -0.2) is 13.1 Å². The van der Waals surface area contributed by atoms with Gasteiger partial charge in [0.15, 0.2) is 0 Å². The van der Waals surface area contributed by atoms with Gasteiger partial charge in [0.25, 0.3) is 5.89 Å². The molecular formula is C18H21ClN4O3S. The van der Waals surface area contributed by atoms with Crippen LogP contribution in [0.5, 0.6) is 0 Å². The van der Waals surface area contributed by atoms with Crippen LogP contribution >= 0.6 is 11.6 Å². The van der Waals surface area contributed by atoms with Crippen LogP contribution in [0.25, 0.3) is 11.6 Å². The van der Waals surface area contributed by atoms with Crippen molar-refractivity contribution in [1.82, 2.24) is 19.5 Å². The highest BCUT2D eigenvalue weighted by molar-refractivity contribution is 7.89. The molecule has 0 bridgehead atoms. The quantitative estimate of drug-likeness (QED) is 0.675. The summed E-state index contributed by atoms with van der Waals surface area (Å²) >= 11 is 5.87. The lowest BCUT2D eigenvalue weighted by atomic mass is 10.2. The molecule has 2 heterocycles. The molecule has 2 aromatic heterocycles. The summed E-state index contributed by atoms with van der Waals surface area (Å²) in [6.45, 7) is 5.58. The average Bonchev–Trinajstić information content (AvgIpc) is 3.17. The number of benzene rings is 1. The first-order chi connectivity index (χ1) is 12.7. The van der Waals surface area contributed by atoms with Gasteiger partial charge < -0.3 is 8.98 Å². The molecule has 144 valence electrons. The van der Waals surface area contributed by atoms with Crippen LogP contribution in [0.2, 0.25) is 5.02 Å². The number of hydrogen-bond acceptors (Lipinski definition) is 5. The molecule has 1 aromatic carbocycles. The van der Waals surface area contributed by atoms with Crippen LogP contribution < -0.4 is 4.72 Å². The molecule has 0 saturated heterocycles. The fourth-order valence-corrected chi connectivity index (χ4v) is 4.65. The van der Waals surface area contributed by atoms with Gasteiger partial charge in [0.2, 0.25) is 15.9 Å². The second-order valence-corrected chi connectivity index (χ2v) is 8.39. The van der Waals surface area contributed by atoms with Gasteiger partial charge in [-0.1, -0.05) is 30.7 Å². The third-order valence-electron chi connectivity index (χ3n) is 4.48. The number of rotatable bonds is 6. The van der Waals surface area contributed by atoms with Crippen molar-refractivity contribution in [1.29, 1.82) is 0 Å². The van der Waals surface area contributed by atoms with Crippen molar-refractivity contribution in [3.8, 4) is 11.6 Å². The van der Waals surface area contributed by atoms with Crippen LogP contribution in [-0.2, 0) is 30.0 Å². The molecule has 0 atom stereocenters. The molecule has 3 rings (SSSR count). The minimum atomic E-state index is -3.73. The first-order valence-electron chi connectivity index (χ1n) is 8.47. The number of halogens is 1. The zero-order valence-corrected chi connectivity index (χ0v) is 17.1. The molecule has 3 aromatic rings. The first kappa shape index (κ1) is 19.6. The number of aromatic nitrogens is 3. The molecule has 0 spiro atoms. The molecule has 1 N–H and O–H groups in total. The van der Waals surface area contributed by atoms with E-state index in [4.69, 9.17) is 16.0 Å². The second kappa shape index (κ2) is 7.46. The monoisotopic (exact) mass is 408 g/mol. The predicted octanol–water partition coefficient (Wildman–Crippen LogP) is 3.39. The lowest BCUT2D eigenvalue weighted by Gasteiger charge is -2.08. The van der Waals surface area contributed by atoms with Gasteiger partial charge in [-0.3, -0.25) is 0 Å². The highest BCUT2D eigenvalue weighted by Gasteiger charge is 2.28. The Hall–Kier alpha value is -2.16. The smallest absolute Gasteiger partial charge is 0.264 e. The number of aryl methyl sites for hydroxylation is 1. The van der Waals surface area contributed by atoms with Crippen molar-refractivity contribution in [2.75, 3.05) is 0 Å². The molecule has 0 aliphatic carbocycles. The summed E-state index contributed by atoms with van der Waals surface area (Å²) in [6, 6.07) is 7.02. The van der Waals surface area contributed by atoms with Crippen LogP contribution in [0.4, 0.5) is 0 Å². The fraction of sp³-hybridized carbons (Fsp3) is 0.333. The van der Waals surface area contributed by atoms with Crippen LogP contribution in [-0.4, -0.2) is 23.2 Å². The minimum absolute atomic E-state index is 0.170. The van der Waals surface area contributed by atoms with Gasteiger partial charge in [0.05, 0.1) is 0 Å². The fourth-order valence-electron chi connectivity index (χ4n) is 3.00. The molecule has 0 aliphatic rings. The second-order valence-electron chi connectivity index (χ2n) is 6.25. The van der Waals surface area contributed by atoms with E-state index in [0.717, 1.165) is 5.56 Å².